The Bertz CT molecular complexity index is 948. The average Bonchev–Trinajstić information content (AvgIpc) is 3.38. The van der Waals surface area contributed by atoms with Crippen LogP contribution in [0.5, 0.6) is 0 Å². The van der Waals surface area contributed by atoms with Gasteiger partial charge in [0.1, 0.15) is 24.9 Å². The van der Waals surface area contributed by atoms with Gasteiger partial charge in [0.25, 0.3) is 0 Å². The predicted octanol–water partition coefficient (Wildman–Crippen LogP) is 3.67. The summed E-state index contributed by atoms with van der Waals surface area (Å²) in [5.74, 6) is 0.584. The quantitative estimate of drug-likeness (QED) is 0.698. The Morgan fingerprint density at radius 2 is 1.78 bits per heavy atom. The lowest BCUT2D eigenvalue weighted by atomic mass is 10.1. The van der Waals surface area contributed by atoms with Gasteiger partial charge in [0.15, 0.2) is 0 Å². The van der Waals surface area contributed by atoms with Crippen molar-refractivity contribution in [3.8, 4) is 0 Å². The van der Waals surface area contributed by atoms with E-state index in [-0.39, 0.29) is 18.5 Å². The van der Waals surface area contributed by atoms with Crippen LogP contribution in [-0.2, 0) is 16.1 Å². The number of carbonyl (C=O) groups is 1. The molecule has 1 amide bonds. The third-order valence-electron chi connectivity index (χ3n) is 4.71. The van der Waals surface area contributed by atoms with Gasteiger partial charge in [0, 0.05) is 18.9 Å². The van der Waals surface area contributed by atoms with Crippen LogP contribution in [0.15, 0.2) is 84.0 Å². The first-order valence-corrected chi connectivity index (χ1v) is 8.95. The molecule has 27 heavy (non-hydrogen) atoms. The maximum Gasteiger partial charge on any atom is 0.246 e. The van der Waals surface area contributed by atoms with Crippen molar-refractivity contribution in [2.24, 2.45) is 4.99 Å². The Balaban J connectivity index is 1.51. The fourth-order valence-corrected chi connectivity index (χ4v) is 3.15. The van der Waals surface area contributed by atoms with Crippen molar-refractivity contribution in [1.29, 1.82) is 0 Å². The molecule has 0 saturated heterocycles. The van der Waals surface area contributed by atoms with Crippen LogP contribution in [0.4, 0.5) is 5.69 Å². The molecule has 5 heteroatoms. The van der Waals surface area contributed by atoms with Crippen molar-refractivity contribution in [3.05, 3.63) is 90.3 Å². The van der Waals surface area contributed by atoms with Gasteiger partial charge in [-0.2, -0.15) is 0 Å². The van der Waals surface area contributed by atoms with E-state index in [1.54, 1.807) is 11.9 Å². The molecule has 0 spiro atoms. The van der Waals surface area contributed by atoms with Crippen LogP contribution < -0.4 is 4.90 Å². The molecule has 0 radical (unpaired) electrons. The molecule has 2 aromatic carbocycles. The maximum absolute atomic E-state index is 12.7. The van der Waals surface area contributed by atoms with Gasteiger partial charge >= 0.3 is 0 Å². The lowest BCUT2D eigenvalue weighted by Crippen LogP contribution is -2.30. The molecule has 0 N–H and O–H groups in total. The Morgan fingerprint density at radius 3 is 2.52 bits per heavy atom. The Labute approximate surface area is 158 Å². The molecule has 0 aliphatic carbocycles. The third-order valence-corrected chi connectivity index (χ3v) is 4.71. The van der Waals surface area contributed by atoms with Gasteiger partial charge < -0.3 is 14.2 Å². The third kappa shape index (κ3) is 3.62. The summed E-state index contributed by atoms with van der Waals surface area (Å²) in [5, 5.41) is 0. The molecule has 1 aromatic heterocycles. The van der Waals surface area contributed by atoms with Gasteiger partial charge in [0.2, 0.25) is 11.8 Å². The summed E-state index contributed by atoms with van der Waals surface area (Å²) in [7, 11) is 1.79. The van der Waals surface area contributed by atoms with Gasteiger partial charge in [-0.3, -0.25) is 4.79 Å². The summed E-state index contributed by atoms with van der Waals surface area (Å²) >= 11 is 0. The summed E-state index contributed by atoms with van der Waals surface area (Å²) in [6.45, 7) is 0.745. The van der Waals surface area contributed by atoms with Gasteiger partial charge in [-0.05, 0) is 29.8 Å². The van der Waals surface area contributed by atoms with Crippen LogP contribution in [0, 0.1) is 0 Å². The van der Waals surface area contributed by atoms with Crippen molar-refractivity contribution >= 4 is 17.5 Å². The second kappa shape index (κ2) is 7.50. The summed E-state index contributed by atoms with van der Waals surface area (Å²) in [6, 6.07) is 23.6. The molecular formula is C22H21N3O2. The van der Waals surface area contributed by atoms with E-state index in [2.05, 4.69) is 12.1 Å². The van der Waals surface area contributed by atoms with Crippen LogP contribution in [0.2, 0.25) is 0 Å². The first-order valence-electron chi connectivity index (χ1n) is 8.95. The Morgan fingerprint density at radius 1 is 1.07 bits per heavy atom. The molecule has 0 saturated carbocycles. The summed E-state index contributed by atoms with van der Waals surface area (Å²) < 4.78 is 7.72. The summed E-state index contributed by atoms with van der Waals surface area (Å²) in [5.41, 5.74) is 2.82. The second-order valence-corrected chi connectivity index (χ2v) is 6.48. The largest absolute Gasteiger partial charge is 0.474 e. The number of nitrogens with zero attached hydrogens (tertiary/aromatic N) is 3. The van der Waals surface area contributed by atoms with Crippen LogP contribution >= 0.6 is 0 Å². The molecule has 1 aliphatic heterocycles. The van der Waals surface area contributed by atoms with E-state index >= 15 is 0 Å². The Hall–Kier alpha value is -3.34. The normalized spacial score (nSPS) is 15.9. The molecule has 1 atom stereocenters. The van der Waals surface area contributed by atoms with Gasteiger partial charge in [-0.1, -0.05) is 48.5 Å². The van der Waals surface area contributed by atoms with Crippen molar-refractivity contribution < 1.29 is 9.53 Å². The van der Waals surface area contributed by atoms with Crippen molar-refractivity contribution in [3.63, 3.8) is 0 Å². The first kappa shape index (κ1) is 17.1. The summed E-state index contributed by atoms with van der Waals surface area (Å²) in [6.07, 6.45) is 1.88. The fourth-order valence-electron chi connectivity index (χ4n) is 3.15. The molecule has 4 rings (SSSR count). The number of rotatable bonds is 5. The zero-order valence-corrected chi connectivity index (χ0v) is 15.2. The van der Waals surface area contributed by atoms with Crippen LogP contribution in [0.25, 0.3) is 0 Å². The highest BCUT2D eigenvalue weighted by atomic mass is 16.5. The number of hydrogen-bond donors (Lipinski definition) is 0. The SMILES string of the molecule is CN(C(=O)Cn1cccc1C1=N[C@H](c2ccccc2)CO1)c1ccccc1. The predicted molar refractivity (Wildman–Crippen MR) is 106 cm³/mol. The number of benzene rings is 2. The highest BCUT2D eigenvalue weighted by Gasteiger charge is 2.24. The highest BCUT2D eigenvalue weighted by Crippen LogP contribution is 2.25. The number of aliphatic imine (C=N–C) groups is 1. The van der Waals surface area contributed by atoms with Crippen LogP contribution in [0.3, 0.4) is 0 Å². The lowest BCUT2D eigenvalue weighted by molar-refractivity contribution is -0.118. The summed E-state index contributed by atoms with van der Waals surface area (Å²) in [4.78, 5) is 19.1. The topological polar surface area (TPSA) is 46.8 Å². The van der Waals surface area contributed by atoms with Crippen LogP contribution in [0.1, 0.15) is 17.3 Å². The molecular weight excluding hydrogens is 338 g/mol. The fraction of sp³-hybridized carbons (Fsp3) is 0.182. The number of anilines is 1. The van der Waals surface area contributed by atoms with Crippen molar-refractivity contribution in [2.45, 2.75) is 12.6 Å². The minimum Gasteiger partial charge on any atom is -0.474 e. The molecule has 0 bridgehead atoms. The smallest absolute Gasteiger partial charge is 0.246 e. The molecule has 2 heterocycles. The zero-order chi connectivity index (χ0) is 18.6. The lowest BCUT2D eigenvalue weighted by Gasteiger charge is -2.18. The highest BCUT2D eigenvalue weighted by molar-refractivity contribution is 5.96. The number of aromatic nitrogens is 1. The van der Waals surface area contributed by atoms with E-state index < -0.39 is 0 Å². The molecule has 3 aromatic rings. The number of likely N-dealkylation sites (N-methyl/N-ethyl adjacent to an activating group) is 1. The minimum atomic E-state index is -0.00718. The van der Waals surface area contributed by atoms with E-state index in [1.807, 2.05) is 71.4 Å². The van der Waals surface area contributed by atoms with E-state index in [0.717, 1.165) is 16.9 Å². The Kier molecular flexibility index (Phi) is 4.75. The van der Waals surface area contributed by atoms with Crippen molar-refractivity contribution in [2.75, 3.05) is 18.6 Å². The van der Waals surface area contributed by atoms with E-state index in [0.29, 0.717) is 12.5 Å². The van der Waals surface area contributed by atoms with E-state index in [4.69, 9.17) is 9.73 Å². The molecule has 0 fully saturated rings. The standard InChI is InChI=1S/C22H21N3O2/c1-24(18-11-6-3-7-12-18)21(26)15-25-14-8-13-20(25)22-23-19(16-27-22)17-9-4-2-5-10-17/h2-14,19H,15-16H2,1H3/t19-/m0/s1. The molecule has 136 valence electrons. The van der Waals surface area contributed by atoms with Crippen LogP contribution in [-0.4, -0.2) is 30.0 Å². The number of para-hydroxylation sites is 1. The van der Waals surface area contributed by atoms with Gasteiger partial charge in [0.05, 0.1) is 0 Å². The number of ether oxygens (including phenoxy) is 1. The minimum absolute atomic E-state index is 0.00291. The number of hydrogen-bond acceptors (Lipinski definition) is 3. The zero-order valence-electron chi connectivity index (χ0n) is 15.2. The first-order chi connectivity index (χ1) is 13.2. The van der Waals surface area contributed by atoms with Gasteiger partial charge in [-0.25, -0.2) is 4.99 Å². The van der Waals surface area contributed by atoms with E-state index in [1.165, 1.54) is 0 Å². The van der Waals surface area contributed by atoms with E-state index in [9.17, 15) is 4.79 Å². The number of amides is 1. The molecule has 5 nitrogen and oxygen atoms in total. The maximum atomic E-state index is 12.7. The number of carbonyl (C=O) groups excluding carboxylic acids is 1. The van der Waals surface area contributed by atoms with Crippen molar-refractivity contribution in [1.82, 2.24) is 4.57 Å². The van der Waals surface area contributed by atoms with Gasteiger partial charge in [-0.15, -0.1) is 0 Å². The average molecular weight is 359 g/mol. The molecule has 0 unspecified atom stereocenters. The second-order valence-electron chi connectivity index (χ2n) is 6.48. The molecule has 1 aliphatic rings. The monoisotopic (exact) mass is 359 g/mol.